The molecule has 0 saturated heterocycles. The second-order valence-corrected chi connectivity index (χ2v) is 51.5. The Morgan fingerprint density at radius 2 is 0.867 bits per heavy atom. The molecule has 0 aliphatic carbocycles. The van der Waals surface area contributed by atoms with E-state index in [1.807, 2.05) is 127 Å². The molecule has 35 heteroatoms. The number of nitrogens with zero attached hydrogens (tertiary/aromatic N) is 3. The fourth-order valence-electron chi connectivity index (χ4n) is 7.37. The molecular formula is C93H165N15O17Si3. The highest BCUT2D eigenvalue weighted by molar-refractivity contribution is 7.09. The van der Waals surface area contributed by atoms with E-state index in [1.165, 1.54) is 69.2 Å². The quantitative estimate of drug-likeness (QED) is 0.00750. The number of hydrogen-bond donors (Lipinski definition) is 12. The first-order valence-electron chi connectivity index (χ1n) is 41.7. The van der Waals surface area contributed by atoms with E-state index in [4.69, 9.17) is 70.2 Å². The average molecular weight is 1850 g/mol. The molecule has 32 nitrogen and oxygen atoms in total. The predicted molar refractivity (Wildman–Crippen MR) is 533 cm³/mol. The average Bonchev–Trinajstić information content (AvgIpc) is 0.881. The Hall–Kier alpha value is -10.3. The molecule has 0 spiro atoms. The van der Waals surface area contributed by atoms with Crippen LogP contribution in [-0.4, -0.2) is 203 Å². The molecule has 0 aliphatic heterocycles. The summed E-state index contributed by atoms with van der Waals surface area (Å²) < 4.78 is 4.56. The lowest BCUT2D eigenvalue weighted by molar-refractivity contribution is -0.488. The minimum Gasteiger partial charge on any atom is -0.448 e. The maximum absolute atomic E-state index is 11.7. The van der Waals surface area contributed by atoms with Gasteiger partial charge in [0.15, 0.2) is 23.5 Å². The molecule has 0 fully saturated rings. The van der Waals surface area contributed by atoms with Crippen molar-refractivity contribution in [3.63, 3.8) is 0 Å². The van der Waals surface area contributed by atoms with Gasteiger partial charge in [-0.05, 0) is 150 Å². The Kier molecular flexibility index (Phi) is 82.4. The highest BCUT2D eigenvalue weighted by Gasteiger charge is 2.31. The highest BCUT2D eigenvalue weighted by atomic mass is 28.3. The molecule has 726 valence electrons. The summed E-state index contributed by atoms with van der Waals surface area (Å²) in [5.41, 5.74) is 4.20. The van der Waals surface area contributed by atoms with Crippen molar-refractivity contribution in [2.75, 3.05) is 7.05 Å². The predicted octanol–water partition coefficient (Wildman–Crippen LogP) is 19.9. The van der Waals surface area contributed by atoms with Gasteiger partial charge in [-0.1, -0.05) is 158 Å². The number of ether oxygens (including phenoxy) is 1. The van der Waals surface area contributed by atoms with Crippen LogP contribution in [0.15, 0.2) is 35.3 Å². The van der Waals surface area contributed by atoms with Crippen molar-refractivity contribution in [2.45, 2.75) is 350 Å². The highest BCUT2D eigenvalue weighted by Crippen LogP contribution is 2.23. The fourth-order valence-corrected chi connectivity index (χ4v) is 9.74. The van der Waals surface area contributed by atoms with Crippen LogP contribution in [0.5, 0.6) is 0 Å². The molecule has 0 saturated carbocycles. The van der Waals surface area contributed by atoms with Crippen LogP contribution in [-0.2, 0) is 67.1 Å². The van der Waals surface area contributed by atoms with Gasteiger partial charge in [-0.3, -0.25) is 72.6 Å². The van der Waals surface area contributed by atoms with Crippen molar-refractivity contribution in [1.82, 2.24) is 0 Å². The number of Topliss-reactive ketones (excluding diaryl/α,β-unsaturated/α-hetero) is 11. The van der Waals surface area contributed by atoms with Crippen LogP contribution in [0.4, 0.5) is 0 Å². The van der Waals surface area contributed by atoms with Crippen molar-refractivity contribution in [1.29, 1.82) is 70.2 Å². The second-order valence-electron chi connectivity index (χ2n) is 36.3. The first-order valence-corrected chi connectivity index (χ1v) is 52.2. The first kappa shape index (κ1) is 143. The van der Waals surface area contributed by atoms with Crippen LogP contribution < -0.4 is 0 Å². The number of nitrogens with one attached hydrogen (secondary N) is 12. The zero-order valence-electron chi connectivity index (χ0n) is 85.6. The standard InChI is InChI=1S/C11H21NO.C10H11NO.C9H21NOSi2.C7H11NO3.C7H15NOSi.3C7H13NO.C6H8N2O.2C6H11NO.C5H8N2O3.C5H9NO/c1-10(2,3)8(12)7-9(13)11(4,5)6;1-8(11)7-10(12)9-5-3-2-4-6-9;1-12(2,3)8(10)7-9(11)13(4,5)6;1-4(8)7(5(2)9)11-6(3)10;1-6(8)5-7(9)10(2,3)4;1-5(8)7(3,4)6(2)9;1-4-7(5(2)8)6(3)9;1-3-6(8)5-7(9)4-2;1-4(8)6(3-7)5(2)9;1-5(7-3)4-6(2)8;1-4(5(2)7)6(3)8;1-3(6)5(4(2)8)7(9)10;1-4(6)3-5(2)7/h12H,7H2,1-6H3;2-6,11H,7H2,1H3;10H,7H2,1-6H3;7-8H,1-3H3;8H,5H2,1-4H3;8H,1-4H3;7-8H,4H2,1-3H3;8H,3-5H2,1-2H3;6,8H,1-2H3;4H2,1-3H3;4,7H,1-3H3;5-6H,1-2H3;6H,3H2,1-2H3. The van der Waals surface area contributed by atoms with Crippen molar-refractivity contribution in [2.24, 2.45) is 39.0 Å². The molecule has 128 heavy (non-hydrogen) atoms. The summed E-state index contributed by atoms with van der Waals surface area (Å²) in [6.07, 6.45) is 3.45. The number of rotatable bonds is 35. The van der Waals surface area contributed by atoms with Crippen LogP contribution in [0.3, 0.4) is 0 Å². The third-order valence-corrected chi connectivity index (χ3v) is 22.8. The summed E-state index contributed by atoms with van der Waals surface area (Å²) in [5, 5.41) is 106. The first-order chi connectivity index (χ1) is 57.2. The number of benzene rings is 1. The molecule has 1 aromatic carbocycles. The summed E-state index contributed by atoms with van der Waals surface area (Å²) in [4.78, 5) is 164. The van der Waals surface area contributed by atoms with Crippen LogP contribution in [0, 0.1) is 120 Å². The lowest BCUT2D eigenvalue weighted by Crippen LogP contribution is -2.41. The van der Waals surface area contributed by atoms with Crippen LogP contribution in [0.2, 0.25) is 58.9 Å². The largest absolute Gasteiger partial charge is 0.448 e. The molecule has 0 radical (unpaired) electrons. The zero-order valence-corrected chi connectivity index (χ0v) is 88.6. The third kappa shape index (κ3) is 90.4. The number of carbonyl (C=O) groups excluding carboxylic acids is 14. The monoisotopic (exact) mass is 1850 g/mol. The molecule has 0 amide bonds. The lowest BCUT2D eigenvalue weighted by atomic mass is 9.81. The molecule has 0 aromatic heterocycles. The Bertz CT molecular complexity index is 3830. The Balaban J connectivity index is -0.000000114. The van der Waals surface area contributed by atoms with Crippen LogP contribution >= 0.6 is 0 Å². The topological polar surface area (TPSA) is 614 Å². The molecule has 0 aliphatic rings. The smallest absolute Gasteiger partial charge is 0.306 e. The van der Waals surface area contributed by atoms with Crippen LogP contribution in [0.25, 0.3) is 0 Å². The van der Waals surface area contributed by atoms with Gasteiger partial charge in [0.25, 0.3) is 0 Å². The van der Waals surface area contributed by atoms with E-state index in [0.29, 0.717) is 107 Å². The van der Waals surface area contributed by atoms with Gasteiger partial charge in [-0.15, -0.1) is 0 Å². The van der Waals surface area contributed by atoms with E-state index in [2.05, 4.69) is 29.4 Å². The number of ketones is 11. The van der Waals surface area contributed by atoms with Crippen LogP contribution in [0.1, 0.15) is 289 Å². The molecule has 0 bridgehead atoms. The number of hydrogen-bond acceptors (Lipinski definition) is 31. The van der Waals surface area contributed by atoms with Gasteiger partial charge in [-0.25, -0.2) is 0 Å². The van der Waals surface area contributed by atoms with Gasteiger partial charge < -0.3 is 79.2 Å². The second kappa shape index (κ2) is 73.5. The normalized spacial score (nSPS) is 11.5. The van der Waals surface area contributed by atoms with E-state index >= 15 is 0 Å². The fraction of sp³-hybridized carbons (Fsp3) is 0.634. The van der Waals surface area contributed by atoms with Crippen molar-refractivity contribution in [3.8, 4) is 6.07 Å². The summed E-state index contributed by atoms with van der Waals surface area (Å²) in [6, 6.07) is 9.34. The Labute approximate surface area is 769 Å². The molecule has 5 unspecified atom stereocenters. The summed E-state index contributed by atoms with van der Waals surface area (Å²) in [6.45, 7) is 69.4. The van der Waals surface area contributed by atoms with Gasteiger partial charge in [0, 0.05) is 151 Å². The molecule has 0 heterocycles. The van der Waals surface area contributed by atoms with E-state index in [0.717, 1.165) is 19.1 Å². The number of aliphatic imine (C=N–C) groups is 1. The minimum atomic E-state index is -1.66. The Morgan fingerprint density at radius 1 is 0.469 bits per heavy atom. The maximum Gasteiger partial charge on any atom is 0.306 e. The number of nitro groups is 1. The zero-order chi connectivity index (χ0) is 105. The summed E-state index contributed by atoms with van der Waals surface area (Å²) >= 11 is 0. The number of carbonyl (C=O) groups is 14. The van der Waals surface area contributed by atoms with Gasteiger partial charge in [0.05, 0.1) is 42.8 Å². The molecule has 1 aromatic rings. The van der Waals surface area contributed by atoms with Gasteiger partial charge in [0.1, 0.15) is 73.4 Å². The van der Waals surface area contributed by atoms with Gasteiger partial charge >= 0.3 is 12.0 Å². The van der Waals surface area contributed by atoms with Gasteiger partial charge in [-0.2, -0.15) is 5.26 Å². The van der Waals surface area contributed by atoms with E-state index < -0.39 is 64.4 Å². The molecule has 5 atom stereocenters. The molecule has 1 rings (SSSR count). The SMILES string of the molecule is CC(=N)C(C#N)C(C)=O.CC(=N)C(C(C)=O)[N+](=O)[O-].CC(=N)C(C)(C)C(C)=O.CC(=N)C(C)C(C)=O.CC(=N)C(OC(C)=O)C(C)=O.CC(=N)CC(=O)[Si](C)(C)C.CC(=N)CC(=O)c1ccccc1.CC(=N)CC(C)=O.CC(C)(C)C(=N)CC(=O)C(C)(C)C.CCC(=N)CC(=O)CC.CCC(C(C)=N)C(C)=O.CN=C(C)CC(C)=O.C[Si](C)(C)C(=N)CC(=O)[Si](C)(C)C. The third-order valence-electron chi connectivity index (χ3n) is 17.1. The maximum atomic E-state index is 11.7. The molecule has 12 N–H and O–H groups in total. The van der Waals surface area contributed by atoms with E-state index in [1.54, 1.807) is 94.5 Å². The van der Waals surface area contributed by atoms with Crippen molar-refractivity contribution >= 4 is 178 Å². The van der Waals surface area contributed by atoms with Crippen molar-refractivity contribution < 1.29 is 76.8 Å². The number of nitriles is 1. The lowest BCUT2D eigenvalue weighted by Gasteiger charge is -2.23. The summed E-state index contributed by atoms with van der Waals surface area (Å²) in [5.74, 6) is -2.09. The minimum absolute atomic E-state index is 0.0168. The van der Waals surface area contributed by atoms with E-state index in [9.17, 15) is 77.2 Å². The van der Waals surface area contributed by atoms with Crippen molar-refractivity contribution in [3.05, 3.63) is 46.0 Å². The van der Waals surface area contributed by atoms with E-state index in [-0.39, 0.29) is 116 Å². The Morgan fingerprint density at radius 3 is 1.01 bits per heavy atom. The molecular weight excluding hydrogens is 1680 g/mol. The number of esters is 1. The summed E-state index contributed by atoms with van der Waals surface area (Å²) in [7, 11) is -3.09. The van der Waals surface area contributed by atoms with Gasteiger partial charge in [0.2, 0.25) is 5.78 Å².